The molecule has 1 saturated heterocycles. The zero-order valence-corrected chi connectivity index (χ0v) is 14.0. The Bertz CT molecular complexity index is 968. The fraction of sp³-hybridized carbons (Fsp3) is 0.333. The van der Waals surface area contributed by atoms with Gasteiger partial charge in [-0.15, -0.1) is 0 Å². The molecule has 0 atom stereocenters. The summed E-state index contributed by atoms with van der Waals surface area (Å²) >= 11 is 0. The molecule has 128 valence electrons. The lowest BCUT2D eigenvalue weighted by Crippen LogP contribution is -2.38. The Labute approximate surface area is 144 Å². The second-order valence-electron chi connectivity index (χ2n) is 6.43. The van der Waals surface area contributed by atoms with Crippen molar-refractivity contribution in [1.82, 2.24) is 24.5 Å². The SMILES string of the molecule is Cc1cc2nc(C3CCN(C(=O)c4ccccn4)CC3)cc(=O)n2[nH]1. The van der Waals surface area contributed by atoms with E-state index in [1.54, 1.807) is 24.4 Å². The van der Waals surface area contributed by atoms with E-state index in [4.69, 9.17) is 0 Å². The molecular weight excluding hydrogens is 318 g/mol. The lowest BCUT2D eigenvalue weighted by atomic mass is 9.93. The molecule has 0 unspecified atom stereocenters. The second kappa shape index (κ2) is 6.16. The van der Waals surface area contributed by atoms with E-state index in [0.29, 0.717) is 24.4 Å². The van der Waals surface area contributed by atoms with Crippen molar-refractivity contribution in [1.29, 1.82) is 0 Å². The quantitative estimate of drug-likeness (QED) is 0.772. The minimum absolute atomic E-state index is 0.0382. The molecule has 7 heteroatoms. The van der Waals surface area contributed by atoms with E-state index in [9.17, 15) is 9.59 Å². The first-order valence-electron chi connectivity index (χ1n) is 8.41. The Kier molecular flexibility index (Phi) is 3.83. The average molecular weight is 337 g/mol. The number of hydrogen-bond donors (Lipinski definition) is 1. The smallest absolute Gasteiger partial charge is 0.272 e. The number of amides is 1. The van der Waals surface area contributed by atoms with Crippen molar-refractivity contribution >= 4 is 11.6 Å². The van der Waals surface area contributed by atoms with Gasteiger partial charge in [-0.25, -0.2) is 9.50 Å². The van der Waals surface area contributed by atoms with Crippen molar-refractivity contribution in [3.63, 3.8) is 0 Å². The molecule has 1 amide bonds. The number of carbonyl (C=O) groups excluding carboxylic acids is 1. The summed E-state index contributed by atoms with van der Waals surface area (Å²) < 4.78 is 1.46. The fourth-order valence-electron chi connectivity index (χ4n) is 3.37. The van der Waals surface area contributed by atoms with Gasteiger partial charge in [0.05, 0.1) is 5.69 Å². The summed E-state index contributed by atoms with van der Waals surface area (Å²) in [6.45, 7) is 3.19. The van der Waals surface area contributed by atoms with Crippen molar-refractivity contribution in [3.05, 3.63) is 64.0 Å². The molecular formula is C18H19N5O2. The Hall–Kier alpha value is -2.96. The molecule has 0 aromatic carbocycles. The van der Waals surface area contributed by atoms with Gasteiger partial charge in [-0.05, 0) is 31.9 Å². The standard InChI is InChI=1S/C18H19N5O2/c1-12-10-16-20-15(11-17(24)23(16)21-12)13-5-8-22(9-6-13)18(25)14-4-2-3-7-19-14/h2-4,7,10-11,13,21H,5-6,8-9H2,1H3. The Morgan fingerprint density at radius 2 is 2.04 bits per heavy atom. The number of fused-ring (bicyclic) bond motifs is 1. The summed E-state index contributed by atoms with van der Waals surface area (Å²) in [5, 5.41) is 2.98. The lowest BCUT2D eigenvalue weighted by Gasteiger charge is -2.31. The molecule has 4 rings (SSSR count). The number of rotatable bonds is 2. The van der Waals surface area contributed by atoms with Crippen LogP contribution in [0.2, 0.25) is 0 Å². The van der Waals surface area contributed by atoms with Crippen molar-refractivity contribution in [2.75, 3.05) is 13.1 Å². The molecule has 1 fully saturated rings. The molecule has 0 aliphatic carbocycles. The highest BCUT2D eigenvalue weighted by Gasteiger charge is 2.26. The Morgan fingerprint density at radius 3 is 2.76 bits per heavy atom. The molecule has 0 saturated carbocycles. The number of carbonyl (C=O) groups is 1. The summed E-state index contributed by atoms with van der Waals surface area (Å²) in [6, 6.07) is 8.82. The third-order valence-electron chi connectivity index (χ3n) is 4.68. The first kappa shape index (κ1) is 15.6. The van der Waals surface area contributed by atoms with E-state index >= 15 is 0 Å². The number of pyridine rings is 1. The van der Waals surface area contributed by atoms with Crippen molar-refractivity contribution in [3.8, 4) is 0 Å². The maximum atomic E-state index is 12.5. The van der Waals surface area contributed by atoms with Crippen LogP contribution in [-0.4, -0.2) is 43.5 Å². The van der Waals surface area contributed by atoms with Crippen LogP contribution < -0.4 is 5.56 Å². The van der Waals surface area contributed by atoms with Crippen LogP contribution in [0.3, 0.4) is 0 Å². The van der Waals surface area contributed by atoms with Gasteiger partial charge >= 0.3 is 0 Å². The fourth-order valence-corrected chi connectivity index (χ4v) is 3.37. The van der Waals surface area contributed by atoms with Crippen molar-refractivity contribution in [2.24, 2.45) is 0 Å². The van der Waals surface area contributed by atoms with E-state index in [0.717, 1.165) is 24.2 Å². The van der Waals surface area contributed by atoms with Crippen molar-refractivity contribution in [2.45, 2.75) is 25.7 Å². The normalized spacial score (nSPS) is 15.6. The van der Waals surface area contributed by atoms with Gasteiger partial charge < -0.3 is 4.90 Å². The van der Waals surface area contributed by atoms with E-state index in [-0.39, 0.29) is 17.4 Å². The van der Waals surface area contributed by atoms with Gasteiger partial charge in [-0.3, -0.25) is 19.7 Å². The number of nitrogens with one attached hydrogen (secondary N) is 1. The summed E-state index contributed by atoms with van der Waals surface area (Å²) in [5.41, 5.74) is 2.74. The first-order chi connectivity index (χ1) is 12.1. The highest BCUT2D eigenvalue weighted by molar-refractivity contribution is 5.92. The number of hydrogen-bond acceptors (Lipinski definition) is 4. The van der Waals surface area contributed by atoms with E-state index in [1.165, 1.54) is 4.52 Å². The van der Waals surface area contributed by atoms with Gasteiger partial charge in [0.15, 0.2) is 5.65 Å². The van der Waals surface area contributed by atoms with Gasteiger partial charge in [-0.2, -0.15) is 0 Å². The van der Waals surface area contributed by atoms with Gasteiger partial charge in [-0.1, -0.05) is 6.07 Å². The van der Waals surface area contributed by atoms with Gasteiger partial charge in [0.25, 0.3) is 11.5 Å². The zero-order valence-electron chi connectivity index (χ0n) is 14.0. The first-order valence-corrected chi connectivity index (χ1v) is 8.41. The van der Waals surface area contributed by atoms with Crippen LogP contribution in [0.5, 0.6) is 0 Å². The summed E-state index contributed by atoms with van der Waals surface area (Å²) in [4.78, 5) is 35.3. The summed E-state index contributed by atoms with van der Waals surface area (Å²) in [6.07, 6.45) is 3.22. The molecule has 1 aliphatic heterocycles. The van der Waals surface area contributed by atoms with Gasteiger partial charge in [0.1, 0.15) is 5.69 Å². The third kappa shape index (κ3) is 2.93. The minimum atomic E-state index is -0.0971. The minimum Gasteiger partial charge on any atom is -0.337 e. The van der Waals surface area contributed by atoms with Gasteiger partial charge in [0.2, 0.25) is 0 Å². The van der Waals surface area contributed by atoms with Crippen LogP contribution in [0.1, 0.15) is 40.6 Å². The average Bonchev–Trinajstić information content (AvgIpc) is 3.03. The number of aromatic amines is 1. The zero-order chi connectivity index (χ0) is 17.4. The molecule has 4 heterocycles. The maximum Gasteiger partial charge on any atom is 0.272 e. The van der Waals surface area contributed by atoms with Crippen LogP contribution in [0.15, 0.2) is 41.3 Å². The molecule has 1 N–H and O–H groups in total. The topological polar surface area (TPSA) is 83.4 Å². The van der Waals surface area contributed by atoms with Crippen LogP contribution in [0.25, 0.3) is 5.65 Å². The molecule has 0 radical (unpaired) electrons. The van der Waals surface area contributed by atoms with Crippen LogP contribution >= 0.6 is 0 Å². The Morgan fingerprint density at radius 1 is 1.24 bits per heavy atom. The molecule has 3 aromatic rings. The highest BCUT2D eigenvalue weighted by atomic mass is 16.2. The Balaban J connectivity index is 1.50. The predicted octanol–water partition coefficient (Wildman–Crippen LogP) is 1.75. The van der Waals surface area contributed by atoms with E-state index in [2.05, 4.69) is 15.1 Å². The van der Waals surface area contributed by atoms with Crippen LogP contribution in [-0.2, 0) is 0 Å². The number of piperidine rings is 1. The molecule has 0 bridgehead atoms. The molecule has 25 heavy (non-hydrogen) atoms. The third-order valence-corrected chi connectivity index (χ3v) is 4.68. The number of H-pyrrole nitrogens is 1. The van der Waals surface area contributed by atoms with E-state index < -0.39 is 0 Å². The van der Waals surface area contributed by atoms with E-state index in [1.807, 2.05) is 24.0 Å². The monoisotopic (exact) mass is 337 g/mol. The van der Waals surface area contributed by atoms with Gasteiger partial charge in [0, 0.05) is 43.0 Å². The van der Waals surface area contributed by atoms with Crippen LogP contribution in [0, 0.1) is 6.92 Å². The van der Waals surface area contributed by atoms with Crippen LogP contribution in [0.4, 0.5) is 0 Å². The van der Waals surface area contributed by atoms with Crippen molar-refractivity contribution < 1.29 is 4.79 Å². The molecule has 1 aliphatic rings. The number of nitrogens with zero attached hydrogens (tertiary/aromatic N) is 4. The highest BCUT2D eigenvalue weighted by Crippen LogP contribution is 2.27. The summed E-state index contributed by atoms with van der Waals surface area (Å²) in [5.74, 6) is 0.157. The largest absolute Gasteiger partial charge is 0.337 e. The predicted molar refractivity (Wildman–Crippen MR) is 92.7 cm³/mol. The molecule has 7 nitrogen and oxygen atoms in total. The lowest BCUT2D eigenvalue weighted by molar-refractivity contribution is 0.0706. The number of aromatic nitrogens is 4. The number of aryl methyl sites for hydroxylation is 1. The maximum absolute atomic E-state index is 12.5. The molecule has 0 spiro atoms. The number of likely N-dealkylation sites (tertiary alicyclic amines) is 1. The molecule has 3 aromatic heterocycles. The summed E-state index contributed by atoms with van der Waals surface area (Å²) in [7, 11) is 0. The second-order valence-corrected chi connectivity index (χ2v) is 6.43.